The lowest BCUT2D eigenvalue weighted by Crippen LogP contribution is -2.33. The summed E-state index contributed by atoms with van der Waals surface area (Å²) in [5.74, 6) is -1.28. The molecule has 0 saturated heterocycles. The average Bonchev–Trinajstić information content (AvgIpc) is 3.22. The zero-order valence-corrected chi connectivity index (χ0v) is 17.6. The van der Waals surface area contributed by atoms with Gasteiger partial charge in [0.2, 0.25) is 5.91 Å². The lowest BCUT2D eigenvalue weighted by Gasteiger charge is -2.19. The normalized spacial score (nSPS) is 17.6. The molecular weight excluding hydrogens is 404 g/mol. The smallest absolute Gasteiger partial charge is 0.259 e. The molecule has 0 fully saturated rings. The van der Waals surface area contributed by atoms with Crippen molar-refractivity contribution >= 4 is 39.3 Å². The van der Waals surface area contributed by atoms with E-state index >= 15 is 0 Å². The van der Waals surface area contributed by atoms with Crippen LogP contribution in [-0.4, -0.2) is 32.8 Å². The molecule has 6 rings (SSSR count). The van der Waals surface area contributed by atoms with Crippen molar-refractivity contribution in [3.8, 4) is 0 Å². The van der Waals surface area contributed by atoms with E-state index in [0.29, 0.717) is 16.8 Å². The standard InChI is InChI=1S/C25H20N4O3/c1-13(30)29-12-19-23(25(29)32)21(15-10-14-6-3-4-7-17(14)27-24(15)31)16-11-28(2)20-9-5-8-18(26-19)22(16)20/h3-11,21,26H,12H2,1-2H3,(H,27,31). The number of amides is 2. The van der Waals surface area contributed by atoms with Crippen molar-refractivity contribution in [2.45, 2.75) is 12.8 Å². The molecule has 2 aliphatic heterocycles. The number of carbonyl (C=O) groups excluding carboxylic acids is 2. The van der Waals surface area contributed by atoms with E-state index in [9.17, 15) is 14.4 Å². The summed E-state index contributed by atoms with van der Waals surface area (Å²) in [4.78, 5) is 43.1. The summed E-state index contributed by atoms with van der Waals surface area (Å²) in [5, 5.41) is 5.27. The average molecular weight is 424 g/mol. The Labute approximate surface area is 183 Å². The number of nitrogens with one attached hydrogen (secondary N) is 2. The van der Waals surface area contributed by atoms with E-state index in [2.05, 4.69) is 10.3 Å². The molecule has 4 aromatic rings. The number of nitrogens with zero attached hydrogens (tertiary/aromatic N) is 2. The summed E-state index contributed by atoms with van der Waals surface area (Å²) in [6, 6.07) is 15.4. The van der Waals surface area contributed by atoms with Crippen LogP contribution in [-0.2, 0) is 16.6 Å². The minimum Gasteiger partial charge on any atom is -0.356 e. The van der Waals surface area contributed by atoms with Crippen molar-refractivity contribution in [2.75, 3.05) is 11.9 Å². The van der Waals surface area contributed by atoms with Crippen LogP contribution >= 0.6 is 0 Å². The monoisotopic (exact) mass is 424 g/mol. The Bertz CT molecular complexity index is 1570. The molecule has 0 spiro atoms. The molecule has 0 radical (unpaired) electrons. The number of carbonyl (C=O) groups is 2. The number of anilines is 1. The first-order valence-electron chi connectivity index (χ1n) is 10.5. The highest BCUT2D eigenvalue weighted by Crippen LogP contribution is 2.45. The van der Waals surface area contributed by atoms with E-state index in [1.54, 1.807) is 0 Å². The maximum Gasteiger partial charge on any atom is 0.259 e. The van der Waals surface area contributed by atoms with Crippen LogP contribution in [0.2, 0.25) is 0 Å². The van der Waals surface area contributed by atoms with Crippen LogP contribution in [0.3, 0.4) is 0 Å². The second kappa shape index (κ2) is 6.43. The molecule has 2 amide bonds. The summed E-state index contributed by atoms with van der Waals surface area (Å²) in [6.07, 6.45) is 1.98. The van der Waals surface area contributed by atoms with Gasteiger partial charge in [-0.2, -0.15) is 0 Å². The number of aromatic nitrogens is 2. The molecule has 0 saturated carbocycles. The van der Waals surface area contributed by atoms with Crippen molar-refractivity contribution in [1.29, 1.82) is 0 Å². The van der Waals surface area contributed by atoms with Gasteiger partial charge in [-0.1, -0.05) is 24.3 Å². The van der Waals surface area contributed by atoms with Gasteiger partial charge in [-0.15, -0.1) is 0 Å². The van der Waals surface area contributed by atoms with Crippen molar-refractivity contribution < 1.29 is 9.59 Å². The minimum atomic E-state index is -0.602. The van der Waals surface area contributed by atoms with Crippen LogP contribution in [0.25, 0.3) is 21.8 Å². The molecule has 4 heterocycles. The van der Waals surface area contributed by atoms with E-state index in [-0.39, 0.29) is 23.9 Å². The topological polar surface area (TPSA) is 87.2 Å². The Morgan fingerprint density at radius 1 is 1.06 bits per heavy atom. The summed E-state index contributed by atoms with van der Waals surface area (Å²) in [5.41, 5.74) is 4.83. The quantitative estimate of drug-likeness (QED) is 0.491. The Balaban J connectivity index is 1.70. The molecule has 2 N–H and O–H groups in total. The number of hydrogen-bond donors (Lipinski definition) is 2. The summed E-state index contributed by atoms with van der Waals surface area (Å²) in [6.45, 7) is 1.55. The third-order valence-electron chi connectivity index (χ3n) is 6.52. The van der Waals surface area contributed by atoms with Crippen molar-refractivity contribution in [2.24, 2.45) is 7.05 Å². The van der Waals surface area contributed by atoms with Gasteiger partial charge in [-0.3, -0.25) is 19.3 Å². The molecule has 2 aromatic carbocycles. The number of hydrogen-bond acceptors (Lipinski definition) is 4. The highest BCUT2D eigenvalue weighted by Gasteiger charge is 2.42. The largest absolute Gasteiger partial charge is 0.356 e. The number of imide groups is 1. The number of rotatable bonds is 1. The molecule has 2 aromatic heterocycles. The maximum atomic E-state index is 13.5. The molecule has 158 valence electrons. The Morgan fingerprint density at radius 3 is 2.69 bits per heavy atom. The van der Waals surface area contributed by atoms with Gasteiger partial charge in [0.25, 0.3) is 11.5 Å². The van der Waals surface area contributed by atoms with Gasteiger partial charge in [-0.05, 0) is 35.2 Å². The summed E-state index contributed by atoms with van der Waals surface area (Å²) >= 11 is 0. The minimum absolute atomic E-state index is 0.165. The molecule has 1 unspecified atom stereocenters. The SMILES string of the molecule is CC(=O)N1CC2=C(C1=O)C(c1cc3ccccc3[nH]c1=O)c1cn(C)c3cccc(c13)N2. The fraction of sp³-hybridized carbons (Fsp3) is 0.160. The first-order valence-corrected chi connectivity index (χ1v) is 10.5. The number of aromatic amines is 1. The molecule has 1 atom stereocenters. The zero-order valence-electron chi connectivity index (χ0n) is 17.6. The number of para-hydroxylation sites is 1. The van der Waals surface area contributed by atoms with Gasteiger partial charge in [0.05, 0.1) is 17.6 Å². The van der Waals surface area contributed by atoms with E-state index in [0.717, 1.165) is 33.1 Å². The van der Waals surface area contributed by atoms with Crippen molar-refractivity contribution in [1.82, 2.24) is 14.5 Å². The van der Waals surface area contributed by atoms with Crippen molar-refractivity contribution in [3.05, 3.63) is 87.5 Å². The van der Waals surface area contributed by atoms with Crippen LogP contribution in [0.5, 0.6) is 0 Å². The van der Waals surface area contributed by atoms with Gasteiger partial charge in [-0.25, -0.2) is 0 Å². The van der Waals surface area contributed by atoms with Gasteiger partial charge in [0, 0.05) is 53.9 Å². The Hall–Kier alpha value is -4.13. The lowest BCUT2D eigenvalue weighted by atomic mass is 9.84. The molecule has 0 bridgehead atoms. The zero-order chi connectivity index (χ0) is 22.1. The van der Waals surface area contributed by atoms with Crippen LogP contribution in [0.1, 0.15) is 24.0 Å². The maximum absolute atomic E-state index is 13.5. The molecule has 7 heteroatoms. The number of pyridine rings is 1. The third-order valence-corrected chi connectivity index (χ3v) is 6.52. The highest BCUT2D eigenvalue weighted by atomic mass is 16.2. The van der Waals surface area contributed by atoms with Crippen LogP contribution in [0, 0.1) is 0 Å². The van der Waals surface area contributed by atoms with E-state index in [1.807, 2.05) is 66.3 Å². The Kier molecular flexibility index (Phi) is 3.74. The molecule has 32 heavy (non-hydrogen) atoms. The fourth-order valence-electron chi connectivity index (χ4n) is 5.07. The fourth-order valence-corrected chi connectivity index (χ4v) is 5.07. The lowest BCUT2D eigenvalue weighted by molar-refractivity contribution is -0.139. The first kappa shape index (κ1) is 18.6. The van der Waals surface area contributed by atoms with Crippen LogP contribution in [0.15, 0.2) is 70.8 Å². The summed E-state index contributed by atoms with van der Waals surface area (Å²) < 4.78 is 2.01. The van der Waals surface area contributed by atoms with Crippen LogP contribution in [0.4, 0.5) is 5.69 Å². The number of aryl methyl sites for hydroxylation is 1. The van der Waals surface area contributed by atoms with E-state index in [1.165, 1.54) is 11.8 Å². The van der Waals surface area contributed by atoms with Gasteiger partial charge >= 0.3 is 0 Å². The number of H-pyrrole nitrogens is 1. The third kappa shape index (κ3) is 2.45. The Morgan fingerprint density at radius 2 is 1.88 bits per heavy atom. The van der Waals surface area contributed by atoms with Gasteiger partial charge in [0.1, 0.15) is 0 Å². The van der Waals surface area contributed by atoms with Crippen LogP contribution < -0.4 is 10.9 Å². The molecule has 0 aliphatic carbocycles. The van der Waals surface area contributed by atoms with E-state index in [4.69, 9.17) is 0 Å². The number of fused-ring (bicyclic) bond motifs is 1. The number of benzene rings is 2. The second-order valence-corrected chi connectivity index (χ2v) is 8.40. The molecular formula is C25H20N4O3. The predicted molar refractivity (Wildman–Crippen MR) is 122 cm³/mol. The molecule has 7 nitrogen and oxygen atoms in total. The van der Waals surface area contributed by atoms with E-state index < -0.39 is 5.92 Å². The van der Waals surface area contributed by atoms with Gasteiger partial charge < -0.3 is 14.9 Å². The van der Waals surface area contributed by atoms with Gasteiger partial charge in [0.15, 0.2) is 0 Å². The molecule has 2 aliphatic rings. The first-order chi connectivity index (χ1) is 15.4. The predicted octanol–water partition coefficient (Wildman–Crippen LogP) is 3.22. The second-order valence-electron chi connectivity index (χ2n) is 8.40. The summed E-state index contributed by atoms with van der Waals surface area (Å²) in [7, 11) is 1.95. The highest BCUT2D eigenvalue weighted by molar-refractivity contribution is 6.11. The van der Waals surface area contributed by atoms with Crippen molar-refractivity contribution in [3.63, 3.8) is 0 Å².